The highest BCUT2D eigenvalue weighted by molar-refractivity contribution is 5.92. The average Bonchev–Trinajstić information content (AvgIpc) is 3.49. The maximum atomic E-state index is 12.7. The number of ether oxygens (including phenoxy) is 1. The summed E-state index contributed by atoms with van der Waals surface area (Å²) in [5.41, 5.74) is 1.55. The van der Waals surface area contributed by atoms with Crippen molar-refractivity contribution in [3.05, 3.63) is 47.8 Å². The summed E-state index contributed by atoms with van der Waals surface area (Å²) in [5, 5.41) is 0. The number of piperidine rings is 1. The van der Waals surface area contributed by atoms with Crippen molar-refractivity contribution in [2.24, 2.45) is 0 Å². The van der Waals surface area contributed by atoms with E-state index < -0.39 is 0 Å². The van der Waals surface area contributed by atoms with Gasteiger partial charge in [-0.2, -0.15) is 0 Å². The van der Waals surface area contributed by atoms with Crippen LogP contribution in [-0.2, 0) is 0 Å². The van der Waals surface area contributed by atoms with Gasteiger partial charge in [0, 0.05) is 56.0 Å². The molecule has 1 saturated carbocycles. The minimum absolute atomic E-state index is 0.00263. The fourth-order valence-corrected chi connectivity index (χ4v) is 3.14. The Hall–Kier alpha value is -2.50. The van der Waals surface area contributed by atoms with Crippen molar-refractivity contribution in [3.8, 4) is 5.75 Å². The molecule has 0 N–H and O–H groups in total. The first-order valence-electron chi connectivity index (χ1n) is 8.90. The van der Waals surface area contributed by atoms with Gasteiger partial charge in [0.1, 0.15) is 23.4 Å². The standard InChI is InChI=1S/C19H22N4O2/c1-13-12-20-8-5-17(13)25-15-6-10-23(11-7-15)19(24)16-4-9-21-18(22-16)14-2-3-14/h4-5,8-9,12,14-15H,2-3,6-7,10-11H2,1H3. The lowest BCUT2D eigenvalue weighted by Gasteiger charge is -2.32. The molecule has 2 aliphatic rings. The Balaban J connectivity index is 1.36. The molecule has 130 valence electrons. The molecule has 1 saturated heterocycles. The molecule has 6 heteroatoms. The summed E-state index contributed by atoms with van der Waals surface area (Å²) in [6, 6.07) is 3.62. The van der Waals surface area contributed by atoms with Crippen molar-refractivity contribution in [2.45, 2.75) is 44.6 Å². The number of amides is 1. The number of aryl methyl sites for hydroxylation is 1. The zero-order valence-corrected chi connectivity index (χ0v) is 14.4. The molecule has 2 aromatic heterocycles. The highest BCUT2D eigenvalue weighted by Crippen LogP contribution is 2.37. The Morgan fingerprint density at radius 2 is 1.96 bits per heavy atom. The van der Waals surface area contributed by atoms with Gasteiger partial charge in [0.25, 0.3) is 5.91 Å². The molecule has 25 heavy (non-hydrogen) atoms. The quantitative estimate of drug-likeness (QED) is 0.857. The van der Waals surface area contributed by atoms with Crippen molar-refractivity contribution >= 4 is 5.91 Å². The smallest absolute Gasteiger partial charge is 0.272 e. The molecule has 3 heterocycles. The van der Waals surface area contributed by atoms with Crippen LogP contribution in [0.25, 0.3) is 0 Å². The lowest BCUT2D eigenvalue weighted by molar-refractivity contribution is 0.0588. The van der Waals surface area contributed by atoms with Crippen LogP contribution < -0.4 is 4.74 Å². The lowest BCUT2D eigenvalue weighted by Crippen LogP contribution is -2.42. The molecule has 0 radical (unpaired) electrons. The summed E-state index contributed by atoms with van der Waals surface area (Å²) in [5.74, 6) is 2.15. The predicted molar refractivity (Wildman–Crippen MR) is 92.5 cm³/mol. The number of hydrogen-bond acceptors (Lipinski definition) is 5. The highest BCUT2D eigenvalue weighted by Gasteiger charge is 2.29. The van der Waals surface area contributed by atoms with Gasteiger partial charge < -0.3 is 9.64 Å². The first-order chi connectivity index (χ1) is 12.2. The van der Waals surface area contributed by atoms with Gasteiger partial charge in [-0.3, -0.25) is 9.78 Å². The van der Waals surface area contributed by atoms with Gasteiger partial charge in [0.15, 0.2) is 0 Å². The second kappa shape index (κ2) is 6.78. The van der Waals surface area contributed by atoms with Crippen LogP contribution in [0.15, 0.2) is 30.7 Å². The number of likely N-dealkylation sites (tertiary alicyclic amines) is 1. The Kier molecular flexibility index (Phi) is 4.34. The molecule has 2 fully saturated rings. The van der Waals surface area contributed by atoms with Crippen LogP contribution in [0, 0.1) is 6.92 Å². The summed E-state index contributed by atoms with van der Waals surface area (Å²) in [6.07, 6.45) is 9.31. The summed E-state index contributed by atoms with van der Waals surface area (Å²) >= 11 is 0. The van der Waals surface area contributed by atoms with Gasteiger partial charge in [-0.15, -0.1) is 0 Å². The second-order valence-corrected chi connectivity index (χ2v) is 6.82. The third-order valence-corrected chi connectivity index (χ3v) is 4.83. The fraction of sp³-hybridized carbons (Fsp3) is 0.474. The van der Waals surface area contributed by atoms with Gasteiger partial charge in [-0.05, 0) is 31.9 Å². The summed E-state index contributed by atoms with van der Waals surface area (Å²) in [4.78, 5) is 27.4. The van der Waals surface area contributed by atoms with E-state index in [0.29, 0.717) is 24.7 Å². The average molecular weight is 338 g/mol. The molecular formula is C19H22N4O2. The van der Waals surface area contributed by atoms with Gasteiger partial charge in [-0.25, -0.2) is 9.97 Å². The Labute approximate surface area is 147 Å². The van der Waals surface area contributed by atoms with E-state index in [1.807, 2.05) is 17.9 Å². The molecule has 1 aliphatic carbocycles. The molecule has 0 atom stereocenters. The Morgan fingerprint density at radius 3 is 2.68 bits per heavy atom. The molecule has 2 aromatic rings. The number of aromatic nitrogens is 3. The van der Waals surface area contributed by atoms with Gasteiger partial charge in [-0.1, -0.05) is 0 Å². The van der Waals surface area contributed by atoms with Crippen molar-refractivity contribution < 1.29 is 9.53 Å². The normalized spacial score (nSPS) is 18.2. The van der Waals surface area contributed by atoms with Crippen molar-refractivity contribution in [1.29, 1.82) is 0 Å². The number of hydrogen-bond donors (Lipinski definition) is 0. The molecule has 0 bridgehead atoms. The zero-order valence-electron chi connectivity index (χ0n) is 14.4. The van der Waals surface area contributed by atoms with Crippen LogP contribution >= 0.6 is 0 Å². The van der Waals surface area contributed by atoms with Crippen LogP contribution in [0.2, 0.25) is 0 Å². The summed E-state index contributed by atoms with van der Waals surface area (Å²) < 4.78 is 6.08. The minimum atomic E-state index is 0.00263. The SMILES string of the molecule is Cc1cnccc1OC1CCN(C(=O)c2ccnc(C3CC3)n2)CC1. The van der Waals surface area contributed by atoms with E-state index >= 15 is 0 Å². The first kappa shape index (κ1) is 16.0. The van der Waals surface area contributed by atoms with Crippen LogP contribution in [0.4, 0.5) is 0 Å². The second-order valence-electron chi connectivity index (χ2n) is 6.82. The molecule has 0 spiro atoms. The minimum Gasteiger partial charge on any atom is -0.490 e. The maximum absolute atomic E-state index is 12.7. The maximum Gasteiger partial charge on any atom is 0.272 e. The predicted octanol–water partition coefficient (Wildman–Crippen LogP) is 2.74. The molecule has 6 nitrogen and oxygen atoms in total. The first-order valence-corrected chi connectivity index (χ1v) is 8.90. The van der Waals surface area contributed by atoms with Crippen LogP contribution in [0.3, 0.4) is 0 Å². The summed E-state index contributed by atoms with van der Waals surface area (Å²) in [6.45, 7) is 3.38. The van der Waals surface area contributed by atoms with Gasteiger partial charge in [0.05, 0.1) is 0 Å². The molecule has 1 amide bonds. The van der Waals surface area contributed by atoms with E-state index in [4.69, 9.17) is 4.74 Å². The molecule has 0 unspecified atom stereocenters. The van der Waals surface area contributed by atoms with E-state index in [0.717, 1.165) is 42.8 Å². The molecule has 0 aromatic carbocycles. The lowest BCUT2D eigenvalue weighted by atomic mass is 10.1. The van der Waals surface area contributed by atoms with E-state index in [1.165, 1.54) is 0 Å². The van der Waals surface area contributed by atoms with E-state index in [-0.39, 0.29) is 12.0 Å². The number of carbonyl (C=O) groups is 1. The highest BCUT2D eigenvalue weighted by atomic mass is 16.5. The number of rotatable bonds is 4. The summed E-state index contributed by atoms with van der Waals surface area (Å²) in [7, 11) is 0. The van der Waals surface area contributed by atoms with Crippen LogP contribution in [-0.4, -0.2) is 45.0 Å². The van der Waals surface area contributed by atoms with E-state index in [1.54, 1.807) is 24.7 Å². The Bertz CT molecular complexity index is 768. The molecule has 4 rings (SSSR count). The monoisotopic (exact) mass is 338 g/mol. The zero-order chi connectivity index (χ0) is 17.2. The van der Waals surface area contributed by atoms with Crippen molar-refractivity contribution in [2.75, 3.05) is 13.1 Å². The van der Waals surface area contributed by atoms with E-state index in [2.05, 4.69) is 15.0 Å². The Morgan fingerprint density at radius 1 is 1.16 bits per heavy atom. The van der Waals surface area contributed by atoms with Crippen molar-refractivity contribution in [3.63, 3.8) is 0 Å². The van der Waals surface area contributed by atoms with Crippen molar-refractivity contribution in [1.82, 2.24) is 19.9 Å². The van der Waals surface area contributed by atoms with Crippen LogP contribution in [0.1, 0.15) is 53.5 Å². The van der Waals surface area contributed by atoms with Crippen LogP contribution in [0.5, 0.6) is 5.75 Å². The largest absolute Gasteiger partial charge is 0.490 e. The molecule has 1 aliphatic heterocycles. The van der Waals surface area contributed by atoms with E-state index in [9.17, 15) is 4.79 Å². The van der Waals surface area contributed by atoms with Gasteiger partial charge in [0.2, 0.25) is 0 Å². The topological polar surface area (TPSA) is 68.2 Å². The number of nitrogens with zero attached hydrogens (tertiary/aromatic N) is 4. The third-order valence-electron chi connectivity index (χ3n) is 4.83. The fourth-order valence-electron chi connectivity index (χ4n) is 3.14. The molecular weight excluding hydrogens is 316 g/mol. The number of pyridine rings is 1. The van der Waals surface area contributed by atoms with Gasteiger partial charge >= 0.3 is 0 Å². The third kappa shape index (κ3) is 3.62. The number of carbonyl (C=O) groups excluding carboxylic acids is 1.